The number of cyclic esters (lactones) is 1. The van der Waals surface area contributed by atoms with Gasteiger partial charge in [-0.25, -0.2) is 4.79 Å². The van der Waals surface area contributed by atoms with Crippen LogP contribution in [0.25, 0.3) is 0 Å². The summed E-state index contributed by atoms with van der Waals surface area (Å²) in [4.78, 5) is 14.3. The third-order valence-electron chi connectivity index (χ3n) is 5.57. The molecule has 0 aromatic rings. The minimum absolute atomic E-state index is 0.0404. The lowest BCUT2D eigenvalue weighted by molar-refractivity contribution is -0.141. The molecule has 1 aliphatic carbocycles. The van der Waals surface area contributed by atoms with E-state index in [4.69, 9.17) is 9.47 Å². The first-order valence-corrected chi connectivity index (χ1v) is 7.60. The van der Waals surface area contributed by atoms with Crippen molar-refractivity contribution in [3.63, 3.8) is 0 Å². The van der Waals surface area contributed by atoms with E-state index in [-0.39, 0.29) is 17.6 Å². The normalized spacial score (nSPS) is 40.1. The van der Waals surface area contributed by atoms with Crippen molar-refractivity contribution in [3.05, 3.63) is 23.3 Å². The summed E-state index contributed by atoms with van der Waals surface area (Å²) in [5.74, 6) is 0.235. The Morgan fingerprint density at radius 2 is 2.35 bits per heavy atom. The van der Waals surface area contributed by atoms with Crippen molar-refractivity contribution in [1.29, 1.82) is 0 Å². The molecule has 0 saturated carbocycles. The maximum atomic E-state index is 11.8. The summed E-state index contributed by atoms with van der Waals surface area (Å²) in [6, 6.07) is 0. The van der Waals surface area contributed by atoms with Gasteiger partial charge in [0.2, 0.25) is 0 Å². The first-order valence-electron chi connectivity index (χ1n) is 7.60. The Labute approximate surface area is 119 Å². The number of carbonyl (C=O) groups is 1. The van der Waals surface area contributed by atoms with Crippen LogP contribution in [0, 0.1) is 5.92 Å². The zero-order valence-corrected chi connectivity index (χ0v) is 11.9. The SMILES string of the molecule is CO[C@H]1CC=C2CCN3CCC4COC(=O)C=C4[C@]23C1. The van der Waals surface area contributed by atoms with Crippen molar-refractivity contribution in [2.24, 2.45) is 5.92 Å². The van der Waals surface area contributed by atoms with Crippen LogP contribution in [0.5, 0.6) is 0 Å². The van der Waals surface area contributed by atoms with Crippen LogP contribution >= 0.6 is 0 Å². The van der Waals surface area contributed by atoms with Crippen molar-refractivity contribution in [1.82, 2.24) is 4.90 Å². The Bertz CT molecular complexity index is 510. The molecule has 20 heavy (non-hydrogen) atoms. The van der Waals surface area contributed by atoms with Crippen LogP contribution < -0.4 is 0 Å². The van der Waals surface area contributed by atoms with Gasteiger partial charge in [0.1, 0.15) is 0 Å². The summed E-state index contributed by atoms with van der Waals surface area (Å²) in [5.41, 5.74) is 2.77. The summed E-state index contributed by atoms with van der Waals surface area (Å²) in [6.07, 6.45) is 8.63. The van der Waals surface area contributed by atoms with E-state index in [1.807, 2.05) is 0 Å². The highest BCUT2D eigenvalue weighted by Gasteiger charge is 2.55. The van der Waals surface area contributed by atoms with Crippen LogP contribution in [0.3, 0.4) is 0 Å². The second-order valence-corrected chi connectivity index (χ2v) is 6.34. The number of methoxy groups -OCH3 is 1. The number of nitrogens with zero attached hydrogens (tertiary/aromatic N) is 1. The van der Waals surface area contributed by atoms with Crippen molar-refractivity contribution >= 4 is 5.97 Å². The van der Waals surface area contributed by atoms with Gasteiger partial charge in [0.05, 0.1) is 18.2 Å². The molecule has 4 nitrogen and oxygen atoms in total. The summed E-state index contributed by atoms with van der Waals surface area (Å²) >= 11 is 0. The maximum Gasteiger partial charge on any atom is 0.330 e. The van der Waals surface area contributed by atoms with Crippen molar-refractivity contribution in [2.75, 3.05) is 26.8 Å². The van der Waals surface area contributed by atoms with Gasteiger partial charge in [0, 0.05) is 32.2 Å². The van der Waals surface area contributed by atoms with Crippen molar-refractivity contribution in [2.45, 2.75) is 37.3 Å². The Kier molecular flexibility index (Phi) is 2.79. The Hall–Kier alpha value is -1.13. The van der Waals surface area contributed by atoms with Gasteiger partial charge in [-0.1, -0.05) is 6.08 Å². The fourth-order valence-corrected chi connectivity index (χ4v) is 4.61. The Morgan fingerprint density at radius 3 is 3.20 bits per heavy atom. The van der Waals surface area contributed by atoms with Gasteiger partial charge >= 0.3 is 5.97 Å². The zero-order valence-electron chi connectivity index (χ0n) is 11.9. The number of piperidine rings is 1. The van der Waals surface area contributed by atoms with E-state index in [1.165, 1.54) is 11.1 Å². The van der Waals surface area contributed by atoms with E-state index in [2.05, 4.69) is 11.0 Å². The van der Waals surface area contributed by atoms with Gasteiger partial charge in [0.25, 0.3) is 0 Å². The van der Waals surface area contributed by atoms with Crippen LogP contribution in [-0.2, 0) is 14.3 Å². The molecular formula is C16H21NO3. The molecule has 0 aromatic carbocycles. The monoisotopic (exact) mass is 275 g/mol. The predicted molar refractivity (Wildman–Crippen MR) is 74.2 cm³/mol. The van der Waals surface area contributed by atoms with Crippen LogP contribution in [0.15, 0.2) is 23.3 Å². The van der Waals surface area contributed by atoms with E-state index in [9.17, 15) is 4.79 Å². The molecule has 108 valence electrons. The summed E-state index contributed by atoms with van der Waals surface area (Å²) in [6.45, 7) is 2.78. The smallest absolute Gasteiger partial charge is 0.330 e. The number of hydrogen-bond donors (Lipinski definition) is 0. The number of carbonyl (C=O) groups excluding carboxylic acids is 1. The molecule has 1 spiro atoms. The molecular weight excluding hydrogens is 254 g/mol. The molecule has 0 N–H and O–H groups in total. The fourth-order valence-electron chi connectivity index (χ4n) is 4.61. The Morgan fingerprint density at radius 1 is 1.45 bits per heavy atom. The number of fused-ring (bicyclic) bond motifs is 1. The topological polar surface area (TPSA) is 38.8 Å². The third kappa shape index (κ3) is 1.58. The molecule has 0 amide bonds. The Balaban J connectivity index is 1.83. The van der Waals surface area contributed by atoms with E-state index < -0.39 is 0 Å². The fraction of sp³-hybridized carbons (Fsp3) is 0.688. The number of ether oxygens (including phenoxy) is 2. The predicted octanol–water partition coefficient (Wildman–Crippen LogP) is 1.67. The highest BCUT2D eigenvalue weighted by molar-refractivity contribution is 5.85. The molecule has 0 radical (unpaired) electrons. The molecule has 4 aliphatic rings. The van der Waals surface area contributed by atoms with Crippen LogP contribution in [0.4, 0.5) is 0 Å². The minimum Gasteiger partial charge on any atom is -0.462 e. The van der Waals surface area contributed by atoms with Gasteiger partial charge in [-0.15, -0.1) is 0 Å². The van der Waals surface area contributed by atoms with Gasteiger partial charge in [-0.05, 0) is 36.8 Å². The second-order valence-electron chi connectivity index (χ2n) is 6.34. The molecule has 2 saturated heterocycles. The lowest BCUT2D eigenvalue weighted by Gasteiger charge is -2.51. The van der Waals surface area contributed by atoms with Gasteiger partial charge in [0.15, 0.2) is 0 Å². The summed E-state index contributed by atoms with van der Waals surface area (Å²) in [7, 11) is 1.79. The molecule has 4 rings (SSSR count). The molecule has 0 aromatic heterocycles. The van der Waals surface area contributed by atoms with Crippen molar-refractivity contribution < 1.29 is 14.3 Å². The van der Waals surface area contributed by atoms with Crippen molar-refractivity contribution in [3.8, 4) is 0 Å². The number of esters is 1. The lowest BCUT2D eigenvalue weighted by atomic mass is 9.67. The molecule has 3 atom stereocenters. The highest BCUT2D eigenvalue weighted by Crippen LogP contribution is 2.53. The molecule has 3 heterocycles. The van der Waals surface area contributed by atoms with E-state index in [1.54, 1.807) is 13.2 Å². The molecule has 0 bridgehead atoms. The first kappa shape index (κ1) is 12.6. The average Bonchev–Trinajstić information content (AvgIpc) is 2.86. The second kappa shape index (κ2) is 4.43. The lowest BCUT2D eigenvalue weighted by Crippen LogP contribution is -2.57. The standard InChI is InChI=1S/C16H21NO3/c1-19-13-3-2-12-5-7-17-6-4-11-10-20-15(18)8-14(11)16(12,17)9-13/h2,8,11,13H,3-7,9-10H2,1H3/t11?,13-,16-/m0/s1. The van der Waals surface area contributed by atoms with Gasteiger partial charge in [-0.3, -0.25) is 4.90 Å². The van der Waals surface area contributed by atoms with Gasteiger partial charge in [-0.2, -0.15) is 0 Å². The molecule has 2 fully saturated rings. The first-order chi connectivity index (χ1) is 9.74. The van der Waals surface area contributed by atoms with Crippen LogP contribution in [0.1, 0.15) is 25.7 Å². The largest absolute Gasteiger partial charge is 0.462 e. The minimum atomic E-state index is -0.168. The zero-order chi connectivity index (χ0) is 13.7. The van der Waals surface area contributed by atoms with E-state index in [0.717, 1.165) is 38.8 Å². The highest BCUT2D eigenvalue weighted by atomic mass is 16.5. The third-order valence-corrected chi connectivity index (χ3v) is 5.57. The van der Waals surface area contributed by atoms with E-state index in [0.29, 0.717) is 12.5 Å². The summed E-state index contributed by atoms with van der Waals surface area (Å²) in [5, 5.41) is 0. The average molecular weight is 275 g/mol. The van der Waals surface area contributed by atoms with E-state index >= 15 is 0 Å². The quantitative estimate of drug-likeness (QED) is 0.539. The molecule has 3 aliphatic heterocycles. The summed E-state index contributed by atoms with van der Waals surface area (Å²) < 4.78 is 10.9. The molecule has 4 heteroatoms. The number of hydrogen-bond acceptors (Lipinski definition) is 4. The number of rotatable bonds is 1. The van der Waals surface area contributed by atoms with Crippen LogP contribution in [0.2, 0.25) is 0 Å². The van der Waals surface area contributed by atoms with Crippen LogP contribution in [-0.4, -0.2) is 49.3 Å². The molecule has 1 unspecified atom stereocenters. The maximum absolute atomic E-state index is 11.8. The van der Waals surface area contributed by atoms with Gasteiger partial charge < -0.3 is 9.47 Å².